The molecule has 1 aromatic carbocycles. The van der Waals surface area contributed by atoms with E-state index in [1.54, 1.807) is 6.26 Å². The fraction of sp³-hybridized carbons (Fsp3) is 0.500. The Hall–Kier alpha value is -2.07. The second-order valence-corrected chi connectivity index (χ2v) is 8.13. The molecule has 1 saturated heterocycles. The molecule has 0 bridgehead atoms. The van der Waals surface area contributed by atoms with E-state index in [4.69, 9.17) is 4.42 Å². The Morgan fingerprint density at radius 1 is 1.09 bits per heavy atom. The molecule has 2 aliphatic heterocycles. The number of rotatable bonds is 7. The third-order valence-corrected chi connectivity index (χ3v) is 6.04. The van der Waals surface area contributed by atoms with Crippen molar-refractivity contribution in [3.05, 3.63) is 54.0 Å². The number of halogens is 1. The van der Waals surface area contributed by atoms with Gasteiger partial charge in [-0.15, -0.1) is 24.0 Å². The van der Waals surface area contributed by atoms with E-state index in [-0.39, 0.29) is 42.5 Å². The first kappa shape index (κ1) is 24.6. The molecule has 3 heterocycles. The normalized spacial score (nSPS) is 17.4. The fourth-order valence-corrected chi connectivity index (χ4v) is 4.50. The van der Waals surface area contributed by atoms with Crippen LogP contribution >= 0.6 is 24.0 Å². The van der Waals surface area contributed by atoms with Crippen molar-refractivity contribution in [2.45, 2.75) is 38.6 Å². The van der Waals surface area contributed by atoms with Gasteiger partial charge in [-0.3, -0.25) is 9.69 Å². The lowest BCUT2D eigenvalue weighted by atomic mass is 10.0. The molecule has 0 saturated carbocycles. The standard InChI is InChI=1S/C24H33N5O2.HI/c1-2-25-24(26-17-21(22-12-8-16-31-22)28-13-5-6-14-28)27-18-23(30)29-15-7-10-19-9-3-4-11-20(19)29;/h3-4,8-9,11-12,16,21H,2,5-7,10,13-15,17-18H2,1H3,(H2,25,26,27);1H. The molecule has 8 heteroatoms. The van der Waals surface area contributed by atoms with Gasteiger partial charge >= 0.3 is 0 Å². The Balaban J connectivity index is 0.00000289. The summed E-state index contributed by atoms with van der Waals surface area (Å²) in [6, 6.07) is 12.3. The van der Waals surface area contributed by atoms with Crippen LogP contribution in [-0.4, -0.2) is 56.0 Å². The fourth-order valence-electron chi connectivity index (χ4n) is 4.50. The number of nitrogens with one attached hydrogen (secondary N) is 2. The molecule has 1 unspecified atom stereocenters. The van der Waals surface area contributed by atoms with Crippen molar-refractivity contribution in [3.63, 3.8) is 0 Å². The number of aliphatic imine (C=N–C) groups is 1. The SMILES string of the molecule is CCNC(=NCC(=O)N1CCCc2ccccc21)NCC(c1ccco1)N1CCCC1.I. The minimum atomic E-state index is 0. The smallest absolute Gasteiger partial charge is 0.248 e. The largest absolute Gasteiger partial charge is 0.468 e. The van der Waals surface area contributed by atoms with E-state index in [9.17, 15) is 4.79 Å². The van der Waals surface area contributed by atoms with Gasteiger partial charge in [0.05, 0.1) is 12.3 Å². The average molecular weight is 551 g/mol. The number of para-hydroxylation sites is 1. The summed E-state index contributed by atoms with van der Waals surface area (Å²) in [6.45, 7) is 6.48. The molecule has 174 valence electrons. The lowest BCUT2D eigenvalue weighted by Gasteiger charge is -2.29. The van der Waals surface area contributed by atoms with Crippen LogP contribution in [0.4, 0.5) is 5.69 Å². The van der Waals surface area contributed by atoms with E-state index in [1.165, 1.54) is 18.4 Å². The van der Waals surface area contributed by atoms with Crippen molar-refractivity contribution in [3.8, 4) is 0 Å². The van der Waals surface area contributed by atoms with Gasteiger partial charge in [-0.1, -0.05) is 18.2 Å². The Morgan fingerprint density at radius 3 is 2.66 bits per heavy atom. The zero-order chi connectivity index (χ0) is 21.5. The number of anilines is 1. The number of nitrogens with zero attached hydrogens (tertiary/aromatic N) is 3. The molecule has 1 aromatic heterocycles. The Bertz CT molecular complexity index is 880. The van der Waals surface area contributed by atoms with Crippen molar-refractivity contribution >= 4 is 41.5 Å². The zero-order valence-electron chi connectivity index (χ0n) is 18.8. The van der Waals surface area contributed by atoms with Gasteiger partial charge in [-0.25, -0.2) is 4.99 Å². The van der Waals surface area contributed by atoms with Gasteiger partial charge in [0, 0.05) is 25.3 Å². The molecule has 2 N–H and O–H groups in total. The molecule has 2 aromatic rings. The summed E-state index contributed by atoms with van der Waals surface area (Å²) in [5, 5.41) is 6.70. The van der Waals surface area contributed by atoms with Gasteiger partial charge in [-0.05, 0) is 69.5 Å². The molecular weight excluding hydrogens is 517 g/mol. The highest BCUT2D eigenvalue weighted by atomic mass is 127. The molecule has 2 aliphatic rings. The molecule has 0 aliphatic carbocycles. The van der Waals surface area contributed by atoms with Crippen LogP contribution in [0, 0.1) is 0 Å². The number of likely N-dealkylation sites (tertiary alicyclic amines) is 1. The third kappa shape index (κ3) is 6.04. The van der Waals surface area contributed by atoms with E-state index < -0.39 is 0 Å². The van der Waals surface area contributed by atoms with E-state index in [2.05, 4.69) is 26.6 Å². The topological polar surface area (TPSA) is 73.1 Å². The maximum Gasteiger partial charge on any atom is 0.248 e. The molecule has 0 spiro atoms. The predicted octanol–water partition coefficient (Wildman–Crippen LogP) is 3.57. The Morgan fingerprint density at radius 2 is 1.91 bits per heavy atom. The van der Waals surface area contributed by atoms with Crippen molar-refractivity contribution in [2.75, 3.05) is 44.2 Å². The molecule has 1 amide bonds. The predicted molar refractivity (Wildman–Crippen MR) is 139 cm³/mol. The van der Waals surface area contributed by atoms with Gasteiger partial charge in [0.2, 0.25) is 5.91 Å². The monoisotopic (exact) mass is 551 g/mol. The highest BCUT2D eigenvalue weighted by Gasteiger charge is 2.26. The van der Waals surface area contributed by atoms with Crippen molar-refractivity contribution in [1.29, 1.82) is 0 Å². The first-order valence-corrected chi connectivity index (χ1v) is 11.4. The van der Waals surface area contributed by atoms with Gasteiger partial charge in [0.15, 0.2) is 5.96 Å². The summed E-state index contributed by atoms with van der Waals surface area (Å²) in [6.07, 6.45) is 6.19. The van der Waals surface area contributed by atoms with Gasteiger partial charge in [0.1, 0.15) is 12.3 Å². The number of amides is 1. The minimum Gasteiger partial charge on any atom is -0.468 e. The number of hydrogen-bond donors (Lipinski definition) is 2. The number of furan rings is 1. The van der Waals surface area contributed by atoms with Crippen LogP contribution in [0.1, 0.15) is 43.6 Å². The van der Waals surface area contributed by atoms with Crippen LogP contribution in [-0.2, 0) is 11.2 Å². The zero-order valence-corrected chi connectivity index (χ0v) is 21.1. The Kier molecular flexibility index (Phi) is 9.40. The van der Waals surface area contributed by atoms with Crippen LogP contribution < -0.4 is 15.5 Å². The lowest BCUT2D eigenvalue weighted by Crippen LogP contribution is -2.43. The second-order valence-electron chi connectivity index (χ2n) is 8.13. The number of guanidine groups is 1. The summed E-state index contributed by atoms with van der Waals surface area (Å²) in [7, 11) is 0. The first-order chi connectivity index (χ1) is 15.3. The Labute approximate surface area is 207 Å². The number of benzene rings is 1. The molecular formula is C24H34IN5O2. The van der Waals surface area contributed by atoms with Crippen LogP contribution in [0.15, 0.2) is 52.1 Å². The van der Waals surface area contributed by atoms with Crippen LogP contribution in [0.25, 0.3) is 0 Å². The van der Waals surface area contributed by atoms with E-state index in [1.807, 2.05) is 42.2 Å². The van der Waals surface area contributed by atoms with Crippen molar-refractivity contribution in [2.24, 2.45) is 4.99 Å². The van der Waals surface area contributed by atoms with E-state index in [0.29, 0.717) is 12.5 Å². The van der Waals surface area contributed by atoms with Crippen LogP contribution in [0.5, 0.6) is 0 Å². The lowest BCUT2D eigenvalue weighted by molar-refractivity contribution is -0.117. The van der Waals surface area contributed by atoms with Gasteiger partial charge in [-0.2, -0.15) is 0 Å². The number of carbonyl (C=O) groups is 1. The number of carbonyl (C=O) groups excluding carboxylic acids is 1. The number of fused-ring (bicyclic) bond motifs is 1. The summed E-state index contributed by atoms with van der Waals surface area (Å²) in [5.41, 5.74) is 2.27. The number of aryl methyl sites for hydroxylation is 1. The first-order valence-electron chi connectivity index (χ1n) is 11.4. The molecule has 1 fully saturated rings. The molecule has 4 rings (SSSR count). The van der Waals surface area contributed by atoms with Crippen molar-refractivity contribution in [1.82, 2.24) is 15.5 Å². The maximum absolute atomic E-state index is 12.9. The molecule has 0 radical (unpaired) electrons. The highest BCUT2D eigenvalue weighted by Crippen LogP contribution is 2.27. The molecule has 32 heavy (non-hydrogen) atoms. The van der Waals surface area contributed by atoms with Crippen LogP contribution in [0.2, 0.25) is 0 Å². The van der Waals surface area contributed by atoms with E-state index in [0.717, 1.165) is 50.5 Å². The number of hydrogen-bond acceptors (Lipinski definition) is 4. The van der Waals surface area contributed by atoms with E-state index >= 15 is 0 Å². The average Bonchev–Trinajstić information content (AvgIpc) is 3.52. The second kappa shape index (κ2) is 12.2. The van der Waals surface area contributed by atoms with Gasteiger partial charge in [0.25, 0.3) is 0 Å². The summed E-state index contributed by atoms with van der Waals surface area (Å²) >= 11 is 0. The van der Waals surface area contributed by atoms with Gasteiger partial charge < -0.3 is 20.0 Å². The third-order valence-electron chi connectivity index (χ3n) is 6.04. The summed E-state index contributed by atoms with van der Waals surface area (Å²) in [5.74, 6) is 1.66. The summed E-state index contributed by atoms with van der Waals surface area (Å²) < 4.78 is 5.71. The highest BCUT2D eigenvalue weighted by molar-refractivity contribution is 14.0. The quantitative estimate of drug-likeness (QED) is 0.313. The minimum absolute atomic E-state index is 0. The van der Waals surface area contributed by atoms with Crippen LogP contribution in [0.3, 0.4) is 0 Å². The van der Waals surface area contributed by atoms with Crippen molar-refractivity contribution < 1.29 is 9.21 Å². The molecule has 1 atom stereocenters. The summed E-state index contributed by atoms with van der Waals surface area (Å²) in [4.78, 5) is 21.9. The molecule has 7 nitrogen and oxygen atoms in total. The maximum atomic E-state index is 12.9.